The maximum Gasteiger partial charge on any atom is 0.255 e. The van der Waals surface area contributed by atoms with Crippen LogP contribution in [0.25, 0.3) is 0 Å². The second kappa shape index (κ2) is 6.99. The van der Waals surface area contributed by atoms with Crippen LogP contribution in [0.2, 0.25) is 10.0 Å². The van der Waals surface area contributed by atoms with Crippen LogP contribution in [0.3, 0.4) is 0 Å². The van der Waals surface area contributed by atoms with Crippen LogP contribution in [0.1, 0.15) is 28.9 Å². The van der Waals surface area contributed by atoms with Crippen LogP contribution in [0.15, 0.2) is 36.5 Å². The molecule has 1 aromatic carbocycles. The molecule has 0 bridgehead atoms. The summed E-state index contributed by atoms with van der Waals surface area (Å²) in [4.78, 5) is 18.5. The quantitative estimate of drug-likeness (QED) is 0.918. The number of amides is 1. The molecule has 0 aliphatic rings. The van der Waals surface area contributed by atoms with E-state index in [-0.39, 0.29) is 11.9 Å². The fourth-order valence-electron chi connectivity index (χ4n) is 2.07. The summed E-state index contributed by atoms with van der Waals surface area (Å²) in [5.74, 6) is 0.441. The summed E-state index contributed by atoms with van der Waals surface area (Å²) in [5.41, 5.74) is 1.41. The molecular formula is C16H17Cl2N3O. The van der Waals surface area contributed by atoms with Crippen LogP contribution < -0.4 is 10.2 Å². The Kier molecular flexibility index (Phi) is 5.27. The van der Waals surface area contributed by atoms with Gasteiger partial charge in [-0.15, -0.1) is 0 Å². The molecule has 0 aliphatic heterocycles. The standard InChI is InChI=1S/C16H17Cl2N3O/c1-10(11-6-7-13(17)14(18)9-11)20-16(22)12-5-4-8-19-15(12)21(2)3/h4-10H,1-3H3,(H,20,22). The molecule has 116 valence electrons. The molecule has 1 amide bonds. The number of hydrogen-bond acceptors (Lipinski definition) is 3. The van der Waals surface area contributed by atoms with Gasteiger partial charge in [-0.05, 0) is 36.8 Å². The Morgan fingerprint density at radius 2 is 1.95 bits per heavy atom. The number of pyridine rings is 1. The van der Waals surface area contributed by atoms with E-state index in [2.05, 4.69) is 10.3 Å². The average molecular weight is 338 g/mol. The maximum absolute atomic E-state index is 12.5. The topological polar surface area (TPSA) is 45.2 Å². The van der Waals surface area contributed by atoms with Gasteiger partial charge in [0.05, 0.1) is 21.7 Å². The lowest BCUT2D eigenvalue weighted by atomic mass is 10.1. The molecule has 0 fully saturated rings. The van der Waals surface area contributed by atoms with Gasteiger partial charge in [-0.25, -0.2) is 4.98 Å². The minimum Gasteiger partial charge on any atom is -0.362 e. The average Bonchev–Trinajstić information content (AvgIpc) is 2.49. The van der Waals surface area contributed by atoms with Crippen molar-refractivity contribution in [3.63, 3.8) is 0 Å². The lowest BCUT2D eigenvalue weighted by Gasteiger charge is -2.18. The highest BCUT2D eigenvalue weighted by atomic mass is 35.5. The first kappa shape index (κ1) is 16.6. The summed E-state index contributed by atoms with van der Waals surface area (Å²) in [6.07, 6.45) is 1.66. The number of carbonyl (C=O) groups excluding carboxylic acids is 1. The van der Waals surface area contributed by atoms with E-state index in [1.165, 1.54) is 0 Å². The molecule has 1 unspecified atom stereocenters. The van der Waals surface area contributed by atoms with Crippen molar-refractivity contribution < 1.29 is 4.79 Å². The first-order valence-electron chi connectivity index (χ1n) is 6.78. The number of hydrogen-bond donors (Lipinski definition) is 1. The van der Waals surface area contributed by atoms with Crippen LogP contribution in [0, 0.1) is 0 Å². The number of nitrogens with zero attached hydrogens (tertiary/aromatic N) is 2. The second-order valence-electron chi connectivity index (χ2n) is 5.14. The number of nitrogens with one attached hydrogen (secondary N) is 1. The van der Waals surface area contributed by atoms with E-state index >= 15 is 0 Å². The Labute approximate surface area is 140 Å². The van der Waals surface area contributed by atoms with Crippen molar-refractivity contribution in [3.05, 3.63) is 57.7 Å². The number of aromatic nitrogens is 1. The first-order valence-corrected chi connectivity index (χ1v) is 7.54. The summed E-state index contributed by atoms with van der Waals surface area (Å²) in [6, 6.07) is 8.61. The molecule has 0 spiro atoms. The second-order valence-corrected chi connectivity index (χ2v) is 5.95. The summed E-state index contributed by atoms with van der Waals surface area (Å²) in [7, 11) is 3.70. The highest BCUT2D eigenvalue weighted by Gasteiger charge is 2.17. The van der Waals surface area contributed by atoms with Gasteiger partial charge in [-0.1, -0.05) is 29.3 Å². The van der Waals surface area contributed by atoms with E-state index in [1.807, 2.05) is 27.1 Å². The SMILES string of the molecule is CC(NC(=O)c1cccnc1N(C)C)c1ccc(Cl)c(Cl)c1. The molecule has 4 nitrogen and oxygen atoms in total. The summed E-state index contributed by atoms with van der Waals surface area (Å²) in [5, 5.41) is 3.91. The molecule has 1 atom stereocenters. The largest absolute Gasteiger partial charge is 0.362 e. The Hall–Kier alpha value is -1.78. The first-order chi connectivity index (χ1) is 10.4. The highest BCUT2D eigenvalue weighted by molar-refractivity contribution is 6.42. The Morgan fingerprint density at radius 1 is 1.23 bits per heavy atom. The van der Waals surface area contributed by atoms with Crippen LogP contribution in [0.5, 0.6) is 0 Å². The van der Waals surface area contributed by atoms with Crippen molar-refractivity contribution >= 4 is 34.9 Å². The van der Waals surface area contributed by atoms with Crippen LogP contribution in [-0.2, 0) is 0 Å². The number of anilines is 1. The smallest absolute Gasteiger partial charge is 0.255 e. The van der Waals surface area contributed by atoms with Gasteiger partial charge in [-0.2, -0.15) is 0 Å². The van der Waals surface area contributed by atoms with Gasteiger partial charge >= 0.3 is 0 Å². The van der Waals surface area contributed by atoms with Gasteiger partial charge in [-0.3, -0.25) is 4.79 Å². The van der Waals surface area contributed by atoms with Crippen LogP contribution in [-0.4, -0.2) is 25.0 Å². The number of rotatable bonds is 4. The Balaban J connectivity index is 2.19. The zero-order valence-corrected chi connectivity index (χ0v) is 14.1. The summed E-state index contributed by atoms with van der Waals surface area (Å²) < 4.78 is 0. The third-order valence-corrected chi connectivity index (χ3v) is 3.99. The van der Waals surface area contributed by atoms with Crippen molar-refractivity contribution in [2.24, 2.45) is 0 Å². The molecule has 2 aromatic rings. The lowest BCUT2D eigenvalue weighted by Crippen LogP contribution is -2.28. The predicted molar refractivity (Wildman–Crippen MR) is 90.9 cm³/mol. The van der Waals surface area contributed by atoms with Gasteiger partial charge in [0.2, 0.25) is 0 Å². The van der Waals surface area contributed by atoms with E-state index in [0.29, 0.717) is 21.4 Å². The molecule has 6 heteroatoms. The van der Waals surface area contributed by atoms with Crippen LogP contribution >= 0.6 is 23.2 Å². The number of benzene rings is 1. The monoisotopic (exact) mass is 337 g/mol. The zero-order valence-electron chi connectivity index (χ0n) is 12.6. The van der Waals surface area contributed by atoms with Gasteiger partial charge in [0.15, 0.2) is 0 Å². The molecule has 1 heterocycles. The van der Waals surface area contributed by atoms with E-state index in [1.54, 1.807) is 35.4 Å². The summed E-state index contributed by atoms with van der Waals surface area (Å²) >= 11 is 11.9. The van der Waals surface area contributed by atoms with E-state index in [9.17, 15) is 4.79 Å². The molecule has 0 radical (unpaired) electrons. The van der Waals surface area contributed by atoms with E-state index in [4.69, 9.17) is 23.2 Å². The maximum atomic E-state index is 12.5. The Morgan fingerprint density at radius 3 is 2.59 bits per heavy atom. The van der Waals surface area contributed by atoms with E-state index < -0.39 is 0 Å². The fourth-order valence-corrected chi connectivity index (χ4v) is 2.38. The summed E-state index contributed by atoms with van der Waals surface area (Å²) in [6.45, 7) is 1.89. The number of carbonyl (C=O) groups is 1. The predicted octanol–water partition coefficient (Wildman–Crippen LogP) is 3.95. The molecule has 0 saturated carbocycles. The molecule has 1 aromatic heterocycles. The van der Waals surface area contributed by atoms with Crippen molar-refractivity contribution in [2.45, 2.75) is 13.0 Å². The highest BCUT2D eigenvalue weighted by Crippen LogP contribution is 2.26. The molecular weight excluding hydrogens is 321 g/mol. The van der Waals surface area contributed by atoms with Crippen LogP contribution in [0.4, 0.5) is 5.82 Å². The number of halogens is 2. The fraction of sp³-hybridized carbons (Fsp3) is 0.250. The lowest BCUT2D eigenvalue weighted by molar-refractivity contribution is 0.0940. The van der Waals surface area contributed by atoms with E-state index in [0.717, 1.165) is 5.56 Å². The van der Waals surface area contributed by atoms with Gasteiger partial charge < -0.3 is 10.2 Å². The Bertz CT molecular complexity index is 689. The minimum atomic E-state index is -0.197. The van der Waals surface area contributed by atoms with Crippen molar-refractivity contribution in [1.29, 1.82) is 0 Å². The molecule has 1 N–H and O–H groups in total. The molecule has 2 rings (SSSR count). The molecule has 0 saturated heterocycles. The third-order valence-electron chi connectivity index (χ3n) is 3.25. The third kappa shape index (κ3) is 3.70. The zero-order chi connectivity index (χ0) is 16.3. The molecule has 0 aliphatic carbocycles. The van der Waals surface area contributed by atoms with Crippen molar-refractivity contribution in [3.8, 4) is 0 Å². The van der Waals surface area contributed by atoms with Gasteiger partial charge in [0, 0.05) is 20.3 Å². The van der Waals surface area contributed by atoms with Crippen molar-refractivity contribution in [1.82, 2.24) is 10.3 Å². The normalized spacial score (nSPS) is 11.9. The van der Waals surface area contributed by atoms with Gasteiger partial charge in [0.1, 0.15) is 5.82 Å². The molecule has 22 heavy (non-hydrogen) atoms. The van der Waals surface area contributed by atoms with Crippen molar-refractivity contribution in [2.75, 3.05) is 19.0 Å². The minimum absolute atomic E-state index is 0.185. The van der Waals surface area contributed by atoms with Gasteiger partial charge in [0.25, 0.3) is 5.91 Å².